The molecule has 1 aromatic carbocycles. The molecule has 0 fully saturated rings. The molecule has 3 N–H and O–H groups in total. The summed E-state index contributed by atoms with van der Waals surface area (Å²) in [5.74, 6) is 0.762. The normalized spacial score (nSPS) is 13.8. The molecule has 0 aromatic heterocycles. The third-order valence-corrected chi connectivity index (χ3v) is 2.47. The van der Waals surface area contributed by atoms with Crippen LogP contribution in [0.1, 0.15) is 25.3 Å². The smallest absolute Gasteiger partial charge is 0.119 e. The van der Waals surface area contributed by atoms with E-state index < -0.39 is 5.54 Å². The van der Waals surface area contributed by atoms with E-state index in [4.69, 9.17) is 20.8 Å². The number of hydrogen-bond acceptors (Lipinski definition) is 4. The third-order valence-electron chi connectivity index (χ3n) is 2.47. The van der Waals surface area contributed by atoms with Gasteiger partial charge in [-0.25, -0.2) is 0 Å². The average Bonchev–Trinajstić information content (AvgIpc) is 2.35. The molecule has 0 aliphatic heterocycles. The van der Waals surface area contributed by atoms with Gasteiger partial charge in [-0.1, -0.05) is 12.1 Å². The predicted molar refractivity (Wildman–Crippen MR) is 65.3 cm³/mol. The highest BCUT2D eigenvalue weighted by molar-refractivity contribution is 5.26. The minimum Gasteiger partial charge on any atom is -0.494 e. The van der Waals surface area contributed by atoms with Crippen LogP contribution in [-0.4, -0.2) is 17.3 Å². The molecule has 0 saturated carbocycles. The summed E-state index contributed by atoms with van der Waals surface area (Å²) < 4.78 is 5.50. The Morgan fingerprint density at radius 2 is 2.06 bits per heavy atom. The first-order valence-corrected chi connectivity index (χ1v) is 5.60. The molecule has 17 heavy (non-hydrogen) atoms. The van der Waals surface area contributed by atoms with Gasteiger partial charge in [-0.15, -0.1) is 0 Å². The molecule has 4 heteroatoms. The summed E-state index contributed by atoms with van der Waals surface area (Å²) >= 11 is 0. The van der Waals surface area contributed by atoms with Crippen LogP contribution in [0, 0.1) is 11.3 Å². The van der Waals surface area contributed by atoms with Crippen LogP contribution >= 0.6 is 0 Å². The van der Waals surface area contributed by atoms with E-state index in [2.05, 4.69) is 0 Å². The van der Waals surface area contributed by atoms with Crippen molar-refractivity contribution in [1.29, 1.82) is 5.26 Å². The molecule has 1 rings (SSSR count). The van der Waals surface area contributed by atoms with Crippen molar-refractivity contribution in [1.82, 2.24) is 0 Å². The van der Waals surface area contributed by atoms with E-state index in [1.165, 1.54) is 0 Å². The number of rotatable bonds is 6. The Morgan fingerprint density at radius 1 is 1.41 bits per heavy atom. The minimum absolute atomic E-state index is 0.0357. The summed E-state index contributed by atoms with van der Waals surface area (Å²) in [5, 5.41) is 17.6. The number of benzene rings is 1. The molecular formula is C13H18N2O2. The first-order chi connectivity index (χ1) is 8.07. The number of aliphatic hydroxyl groups excluding tert-OH is 1. The second-order valence-electron chi connectivity index (χ2n) is 4.28. The van der Waals surface area contributed by atoms with Crippen molar-refractivity contribution in [3.8, 4) is 11.8 Å². The summed E-state index contributed by atoms with van der Waals surface area (Å²) in [6.45, 7) is 2.28. The molecule has 0 spiro atoms. The van der Waals surface area contributed by atoms with Gasteiger partial charge in [0.1, 0.15) is 11.3 Å². The van der Waals surface area contributed by atoms with Crippen LogP contribution in [0.2, 0.25) is 0 Å². The van der Waals surface area contributed by atoms with Crippen molar-refractivity contribution in [2.24, 2.45) is 5.73 Å². The molecule has 0 radical (unpaired) electrons. The quantitative estimate of drug-likeness (QED) is 0.732. The minimum atomic E-state index is -0.774. The van der Waals surface area contributed by atoms with Gasteiger partial charge in [0.2, 0.25) is 0 Å². The zero-order chi connectivity index (χ0) is 12.7. The summed E-state index contributed by atoms with van der Waals surface area (Å²) in [6, 6.07) is 9.32. The van der Waals surface area contributed by atoms with Crippen LogP contribution < -0.4 is 10.5 Å². The lowest BCUT2D eigenvalue weighted by Crippen LogP contribution is -2.34. The van der Waals surface area contributed by atoms with E-state index >= 15 is 0 Å². The molecule has 0 saturated heterocycles. The van der Waals surface area contributed by atoms with E-state index in [0.29, 0.717) is 13.0 Å². The zero-order valence-corrected chi connectivity index (χ0v) is 10.0. The summed E-state index contributed by atoms with van der Waals surface area (Å²) in [5.41, 5.74) is 5.77. The number of nitrogens with two attached hydrogens (primary N) is 1. The molecule has 1 unspecified atom stereocenters. The molecule has 92 valence electrons. The number of ether oxygens (including phenoxy) is 1. The number of nitriles is 1. The first kappa shape index (κ1) is 13.5. The fraction of sp³-hybridized carbons (Fsp3) is 0.462. The van der Waals surface area contributed by atoms with E-state index in [1.54, 1.807) is 6.92 Å². The maximum atomic E-state index is 8.87. The lowest BCUT2D eigenvalue weighted by molar-refractivity contribution is 0.280. The maximum absolute atomic E-state index is 8.87. The largest absolute Gasteiger partial charge is 0.494 e. The fourth-order valence-electron chi connectivity index (χ4n) is 1.38. The molecule has 4 nitrogen and oxygen atoms in total. The first-order valence-electron chi connectivity index (χ1n) is 5.60. The van der Waals surface area contributed by atoms with Crippen molar-refractivity contribution in [3.63, 3.8) is 0 Å². The Kier molecular flexibility index (Phi) is 4.95. The Balaban J connectivity index is 2.29. The average molecular weight is 234 g/mol. The van der Waals surface area contributed by atoms with Crippen molar-refractivity contribution in [2.75, 3.05) is 6.61 Å². The highest BCUT2D eigenvalue weighted by Gasteiger charge is 2.15. The van der Waals surface area contributed by atoms with Crippen LogP contribution in [0.5, 0.6) is 5.75 Å². The topological polar surface area (TPSA) is 79.3 Å². The molecule has 0 aliphatic carbocycles. The van der Waals surface area contributed by atoms with Crippen LogP contribution in [0.15, 0.2) is 24.3 Å². The Bertz CT molecular complexity index is 379. The summed E-state index contributed by atoms with van der Waals surface area (Å²) in [6.07, 6.45) is 1.35. The Hall–Kier alpha value is -1.57. The van der Waals surface area contributed by atoms with Gasteiger partial charge < -0.3 is 15.6 Å². The monoisotopic (exact) mass is 234 g/mol. The van der Waals surface area contributed by atoms with E-state index in [9.17, 15) is 0 Å². The molecule has 0 bridgehead atoms. The van der Waals surface area contributed by atoms with Gasteiger partial charge in [-0.2, -0.15) is 5.26 Å². The van der Waals surface area contributed by atoms with Crippen molar-refractivity contribution in [3.05, 3.63) is 29.8 Å². The second kappa shape index (κ2) is 6.24. The van der Waals surface area contributed by atoms with E-state index in [0.717, 1.165) is 17.7 Å². The SMILES string of the molecule is CC(N)(C#N)CCCOc1ccc(CO)cc1. The van der Waals surface area contributed by atoms with Crippen molar-refractivity contribution < 1.29 is 9.84 Å². The van der Waals surface area contributed by atoms with Gasteiger partial charge in [-0.3, -0.25) is 0 Å². The number of nitrogens with zero attached hydrogens (tertiary/aromatic N) is 1. The highest BCUT2D eigenvalue weighted by Crippen LogP contribution is 2.13. The van der Waals surface area contributed by atoms with Crippen LogP contribution in [0.3, 0.4) is 0 Å². The van der Waals surface area contributed by atoms with Crippen molar-refractivity contribution in [2.45, 2.75) is 31.9 Å². The van der Waals surface area contributed by atoms with Crippen LogP contribution in [0.25, 0.3) is 0 Å². The lowest BCUT2D eigenvalue weighted by Gasteiger charge is -2.14. The van der Waals surface area contributed by atoms with Gasteiger partial charge in [0.25, 0.3) is 0 Å². The third kappa shape index (κ3) is 4.85. The van der Waals surface area contributed by atoms with Gasteiger partial charge in [0.15, 0.2) is 0 Å². The van der Waals surface area contributed by atoms with E-state index in [1.807, 2.05) is 30.3 Å². The predicted octanol–water partition coefficient (Wildman–Crippen LogP) is 1.58. The van der Waals surface area contributed by atoms with Crippen LogP contribution in [0.4, 0.5) is 0 Å². The molecule has 0 aliphatic rings. The Morgan fingerprint density at radius 3 is 2.59 bits per heavy atom. The number of aliphatic hydroxyl groups is 1. The molecule has 0 amide bonds. The van der Waals surface area contributed by atoms with Gasteiger partial charge >= 0.3 is 0 Å². The van der Waals surface area contributed by atoms with Crippen LogP contribution in [-0.2, 0) is 6.61 Å². The lowest BCUT2D eigenvalue weighted by atomic mass is 10.00. The van der Waals surface area contributed by atoms with Crippen molar-refractivity contribution >= 4 is 0 Å². The molecule has 1 aromatic rings. The van der Waals surface area contributed by atoms with E-state index in [-0.39, 0.29) is 6.61 Å². The standard InChI is InChI=1S/C13H18N2O2/c1-13(15,10-14)7-2-8-17-12-5-3-11(9-16)4-6-12/h3-6,16H,2,7-9,15H2,1H3. The number of hydrogen-bond donors (Lipinski definition) is 2. The maximum Gasteiger partial charge on any atom is 0.119 e. The van der Waals surface area contributed by atoms with Gasteiger partial charge in [0, 0.05) is 0 Å². The second-order valence-corrected chi connectivity index (χ2v) is 4.28. The summed E-state index contributed by atoms with van der Waals surface area (Å²) in [4.78, 5) is 0. The summed E-state index contributed by atoms with van der Waals surface area (Å²) in [7, 11) is 0. The molecule has 0 heterocycles. The zero-order valence-electron chi connectivity index (χ0n) is 10.0. The molecular weight excluding hydrogens is 216 g/mol. The molecule has 1 atom stereocenters. The van der Waals surface area contributed by atoms with Gasteiger partial charge in [0.05, 0.1) is 19.3 Å². The highest BCUT2D eigenvalue weighted by atomic mass is 16.5. The Labute approximate surface area is 102 Å². The fourth-order valence-corrected chi connectivity index (χ4v) is 1.38. The van der Waals surface area contributed by atoms with Gasteiger partial charge in [-0.05, 0) is 37.5 Å².